The second-order valence-corrected chi connectivity index (χ2v) is 6.13. The third-order valence-electron chi connectivity index (χ3n) is 2.66. The lowest BCUT2D eigenvalue weighted by Crippen LogP contribution is -2.18. The molecule has 27 heteroatoms. The topological polar surface area (TPSA) is 285 Å². The van der Waals surface area contributed by atoms with Gasteiger partial charge in [0.2, 0.25) is 0 Å². The van der Waals surface area contributed by atoms with E-state index in [-0.39, 0.29) is 12.4 Å². The first kappa shape index (κ1) is 56.5. The second kappa shape index (κ2) is 64.9. The molecule has 206 valence electrons. The minimum absolute atomic E-state index is 0. The first-order chi connectivity index (χ1) is 17.6. The van der Waals surface area contributed by atoms with Gasteiger partial charge in [0.25, 0.3) is 0 Å². The van der Waals surface area contributed by atoms with Crippen LogP contribution in [0.1, 0.15) is 24.0 Å². The third kappa shape index (κ3) is 76.5. The van der Waals surface area contributed by atoms with Gasteiger partial charge in [0.05, 0.1) is 0 Å². The molecular weight excluding hydrogens is 698 g/mol. The fourth-order valence-electron chi connectivity index (χ4n) is 1.90. The first-order valence-electron chi connectivity index (χ1n) is 8.03. The zero-order chi connectivity index (χ0) is 30.9. The highest BCUT2D eigenvalue weighted by atomic mass is 35.5. The van der Waals surface area contributed by atoms with Gasteiger partial charge < -0.3 is 5.32 Å². The number of rotatable bonds is 0. The van der Waals surface area contributed by atoms with E-state index in [2.05, 4.69) is 24.4 Å². The Morgan fingerprint density at radius 1 is 0.632 bits per heavy atom. The monoisotopic (exact) mass is 711 g/mol. The highest BCUT2D eigenvalue weighted by Gasteiger charge is 2.13. The van der Waals surface area contributed by atoms with Crippen molar-refractivity contribution in [3.8, 4) is 0 Å². The largest absolute Gasteiger partial charge is 0.549 e. The Morgan fingerprint density at radius 3 is 1.21 bits per heavy atom. The van der Waals surface area contributed by atoms with Crippen molar-refractivity contribution >= 4 is 98.3 Å². The molecule has 1 aliphatic heterocycles. The molecule has 1 aliphatic rings. The predicted octanol–water partition coefficient (Wildman–Crippen LogP) is -1.94. The van der Waals surface area contributed by atoms with Crippen LogP contribution in [-0.2, 0) is 77.8 Å². The van der Waals surface area contributed by atoms with Crippen molar-refractivity contribution in [2.45, 2.75) is 19.3 Å². The van der Waals surface area contributed by atoms with Crippen molar-refractivity contribution in [3.05, 3.63) is 34.3 Å². The van der Waals surface area contributed by atoms with Gasteiger partial charge in [-0.25, -0.2) is 0 Å². The van der Waals surface area contributed by atoms with E-state index in [0.717, 1.165) is 24.5 Å². The van der Waals surface area contributed by atoms with Crippen LogP contribution in [0.4, 0.5) is 0 Å². The molecular formula is C11H15Cl2NO16Si8. The molecule has 0 saturated carbocycles. The van der Waals surface area contributed by atoms with Crippen LogP contribution in [0.15, 0.2) is 18.2 Å². The molecule has 0 unspecified atom stereocenters. The van der Waals surface area contributed by atoms with Crippen molar-refractivity contribution in [3.63, 3.8) is 0 Å². The van der Waals surface area contributed by atoms with Crippen LogP contribution >= 0.6 is 24.0 Å². The van der Waals surface area contributed by atoms with E-state index in [9.17, 15) is 0 Å². The highest BCUT2D eigenvalue weighted by Crippen LogP contribution is 2.25. The maximum atomic E-state index is 8.40. The van der Waals surface area contributed by atoms with Crippen molar-refractivity contribution < 1.29 is 71.4 Å². The lowest BCUT2D eigenvalue weighted by atomic mass is 9.96. The van der Waals surface area contributed by atoms with Crippen LogP contribution in [0.2, 0.25) is 5.02 Å². The van der Waals surface area contributed by atoms with Gasteiger partial charge in [-0.05, 0) is 42.1 Å². The van der Waals surface area contributed by atoms with Gasteiger partial charge in [0.15, 0.2) is 0 Å². The van der Waals surface area contributed by atoms with Crippen molar-refractivity contribution in [2.75, 3.05) is 13.1 Å². The molecule has 17 nitrogen and oxygen atoms in total. The molecule has 1 heterocycles. The van der Waals surface area contributed by atoms with E-state index in [1.165, 1.54) is 11.1 Å². The number of nitrogens with one attached hydrogen (secondary N) is 1. The molecule has 0 aliphatic carbocycles. The predicted molar refractivity (Wildman–Crippen MR) is 121 cm³/mol. The average Bonchev–Trinajstić information content (AvgIpc) is 2.99. The van der Waals surface area contributed by atoms with Crippen LogP contribution < -0.4 is 5.32 Å². The molecule has 0 spiro atoms. The Bertz CT molecular complexity index is 837. The lowest BCUT2D eigenvalue weighted by Gasteiger charge is -2.11. The molecule has 0 radical (unpaired) electrons. The number of benzene rings is 1. The summed E-state index contributed by atoms with van der Waals surface area (Å²) in [5.74, 6) is 0.580. The fourth-order valence-corrected chi connectivity index (χ4v) is 2.08. The number of hydrogen-bond donors (Lipinski definition) is 1. The minimum Gasteiger partial charge on any atom is -0.316 e. The van der Waals surface area contributed by atoms with Gasteiger partial charge in [-0.3, -0.25) is 71.4 Å². The maximum Gasteiger partial charge on any atom is 0.549 e. The molecule has 1 aromatic carbocycles. The van der Waals surface area contributed by atoms with Crippen LogP contribution in [-0.4, -0.2) is 87.4 Å². The summed E-state index contributed by atoms with van der Waals surface area (Å²) < 4.78 is 134. The fraction of sp³-hybridized carbons (Fsp3) is 0.455. The Labute approximate surface area is 241 Å². The van der Waals surface area contributed by atoms with Gasteiger partial charge in [-0.15, -0.1) is 12.4 Å². The zero-order valence-corrected chi connectivity index (χ0v) is 28.3. The van der Waals surface area contributed by atoms with E-state index in [1.54, 1.807) is 0 Å². The third-order valence-corrected chi connectivity index (χ3v) is 2.90. The zero-order valence-electron chi connectivity index (χ0n) is 18.7. The Kier molecular flexibility index (Phi) is 96.4. The number of halogens is 2. The van der Waals surface area contributed by atoms with Crippen LogP contribution in [0.25, 0.3) is 0 Å². The Morgan fingerprint density at radius 2 is 0.921 bits per heavy atom. The van der Waals surface area contributed by atoms with Crippen molar-refractivity contribution in [2.24, 2.45) is 0 Å². The summed E-state index contributed by atoms with van der Waals surface area (Å²) in [6, 6.07) is 6.24. The first-order valence-corrected chi connectivity index (χ1v) is 14.9. The minimum atomic E-state index is -1.42. The quantitative estimate of drug-likeness (QED) is 0.286. The van der Waals surface area contributed by atoms with Gasteiger partial charge in [-0.2, -0.15) is 0 Å². The number of fused-ring (bicyclic) bond motifs is 1. The summed E-state index contributed by atoms with van der Waals surface area (Å²) in [6.45, 7) is 4.39. The summed E-state index contributed by atoms with van der Waals surface area (Å²) in [7, 11) is -11.3. The maximum absolute atomic E-state index is 8.40. The van der Waals surface area contributed by atoms with Crippen LogP contribution in [0.3, 0.4) is 0 Å². The summed E-state index contributed by atoms with van der Waals surface area (Å²) in [4.78, 5) is 0. The van der Waals surface area contributed by atoms with Gasteiger partial charge >= 0.3 is 74.3 Å². The molecule has 2 rings (SSSR count). The Balaban J connectivity index is -0.0000000509. The lowest BCUT2D eigenvalue weighted by molar-refractivity contribution is 0.496. The van der Waals surface area contributed by atoms with E-state index in [1.807, 2.05) is 6.07 Å². The van der Waals surface area contributed by atoms with Gasteiger partial charge in [-0.1, -0.05) is 24.6 Å². The van der Waals surface area contributed by atoms with Crippen molar-refractivity contribution in [1.82, 2.24) is 5.32 Å². The molecule has 1 atom stereocenters. The average molecular weight is 713 g/mol. The van der Waals surface area contributed by atoms with Crippen molar-refractivity contribution in [1.29, 1.82) is 0 Å². The van der Waals surface area contributed by atoms with E-state index in [0.29, 0.717) is 5.92 Å². The Hall–Kier alpha value is -1.70. The summed E-state index contributed by atoms with van der Waals surface area (Å²) >= 11 is 5.97. The van der Waals surface area contributed by atoms with E-state index >= 15 is 0 Å². The van der Waals surface area contributed by atoms with Gasteiger partial charge in [0.1, 0.15) is 0 Å². The molecule has 0 amide bonds. The van der Waals surface area contributed by atoms with E-state index < -0.39 is 74.3 Å². The van der Waals surface area contributed by atoms with Crippen LogP contribution in [0.5, 0.6) is 0 Å². The molecule has 0 fully saturated rings. The SMILES string of the molecule is C[C@H]1CNCCc2ccc(Cl)cc21.Cl.O=[Si]=O.O=[Si]=O.O=[Si]=O.O=[Si]=O.O=[Si]=O.O=[Si]=O.O=[Si]=O.O=[Si]=O. The molecule has 1 N–H and O–H groups in total. The molecule has 0 saturated heterocycles. The van der Waals surface area contributed by atoms with Gasteiger partial charge in [0, 0.05) is 11.6 Å². The van der Waals surface area contributed by atoms with Crippen LogP contribution in [0, 0.1) is 0 Å². The summed E-state index contributed by atoms with van der Waals surface area (Å²) in [5.41, 5.74) is 2.86. The molecule has 1 aromatic rings. The molecule has 0 aromatic heterocycles. The smallest absolute Gasteiger partial charge is 0.316 e. The highest BCUT2D eigenvalue weighted by molar-refractivity contribution is 6.30. The normalized spacial score (nSPS) is 9.26. The molecule has 0 bridgehead atoms. The van der Waals surface area contributed by atoms with E-state index in [4.69, 9.17) is 83.0 Å². The second-order valence-electron chi connectivity index (χ2n) is 4.36. The number of hydrogen-bond acceptors (Lipinski definition) is 17. The summed E-state index contributed by atoms with van der Waals surface area (Å²) in [6.07, 6.45) is 1.12. The summed E-state index contributed by atoms with van der Waals surface area (Å²) in [5, 5.41) is 4.27. The standard InChI is InChI=1S/C11H14ClN.ClH.8O2Si/c1-8-7-13-5-4-9-2-3-10(12)6-11(8)9;;8*1-3-2/h2-3,6,8,13H,4-5,7H2,1H3;1H;;;;;;;;/t8-;;;;;;;;;/m0........./s1. The molecule has 38 heavy (non-hydrogen) atoms.